The average molecular weight is 309 g/mol. The van der Waals surface area contributed by atoms with Crippen LogP contribution in [0.3, 0.4) is 0 Å². The predicted octanol–water partition coefficient (Wildman–Crippen LogP) is 2.35. The van der Waals surface area contributed by atoms with Gasteiger partial charge in [-0.25, -0.2) is 15.0 Å². The minimum absolute atomic E-state index is 0.404. The summed E-state index contributed by atoms with van der Waals surface area (Å²) in [6.45, 7) is 4.42. The van der Waals surface area contributed by atoms with Gasteiger partial charge in [-0.15, -0.1) is 0 Å². The molecule has 3 heterocycles. The van der Waals surface area contributed by atoms with Crippen LogP contribution in [0.15, 0.2) is 30.7 Å². The van der Waals surface area contributed by atoms with Crippen LogP contribution in [0.5, 0.6) is 5.88 Å². The van der Waals surface area contributed by atoms with Crippen LogP contribution < -0.4 is 9.64 Å². The second-order valence-electron chi connectivity index (χ2n) is 5.82. The molecule has 118 valence electrons. The first-order chi connectivity index (χ1) is 11.2. The molecule has 0 aromatic carbocycles. The number of rotatable bonds is 4. The summed E-state index contributed by atoms with van der Waals surface area (Å²) in [5, 5.41) is 8.91. The Hall–Kier alpha value is -2.68. The summed E-state index contributed by atoms with van der Waals surface area (Å²) in [7, 11) is 0. The number of aryl methyl sites for hydroxylation is 1. The Kier molecular flexibility index (Phi) is 4.67. The topological polar surface area (TPSA) is 74.9 Å². The molecule has 0 bridgehead atoms. The number of pyridine rings is 1. The molecule has 1 aliphatic heterocycles. The SMILES string of the molecule is Cc1cnc(N2CCCC(COc3cc(C#N)ccn3)C2)nc1. The van der Waals surface area contributed by atoms with E-state index in [1.807, 2.05) is 19.3 Å². The fraction of sp³-hybridized carbons (Fsp3) is 0.412. The molecule has 23 heavy (non-hydrogen) atoms. The summed E-state index contributed by atoms with van der Waals surface area (Å²) in [6.07, 6.45) is 7.50. The zero-order valence-corrected chi connectivity index (χ0v) is 13.1. The van der Waals surface area contributed by atoms with Gasteiger partial charge >= 0.3 is 0 Å². The van der Waals surface area contributed by atoms with Gasteiger partial charge < -0.3 is 9.64 Å². The quantitative estimate of drug-likeness (QED) is 0.863. The van der Waals surface area contributed by atoms with E-state index in [2.05, 4.69) is 25.9 Å². The van der Waals surface area contributed by atoms with E-state index in [4.69, 9.17) is 10.00 Å². The third-order valence-electron chi connectivity index (χ3n) is 3.90. The van der Waals surface area contributed by atoms with Gasteiger partial charge in [0.15, 0.2) is 0 Å². The molecular weight excluding hydrogens is 290 g/mol. The van der Waals surface area contributed by atoms with Crippen molar-refractivity contribution < 1.29 is 4.74 Å². The monoisotopic (exact) mass is 309 g/mol. The highest BCUT2D eigenvalue weighted by molar-refractivity contribution is 5.32. The largest absolute Gasteiger partial charge is 0.477 e. The van der Waals surface area contributed by atoms with E-state index in [0.717, 1.165) is 37.4 Å². The van der Waals surface area contributed by atoms with Crippen molar-refractivity contribution in [2.45, 2.75) is 19.8 Å². The lowest BCUT2D eigenvalue weighted by atomic mass is 9.99. The molecular formula is C17H19N5O. The van der Waals surface area contributed by atoms with Crippen molar-refractivity contribution in [1.29, 1.82) is 5.26 Å². The molecule has 0 N–H and O–H groups in total. The lowest BCUT2D eigenvalue weighted by Crippen LogP contribution is -2.38. The van der Waals surface area contributed by atoms with Crippen molar-refractivity contribution in [3.63, 3.8) is 0 Å². The Balaban J connectivity index is 1.58. The number of hydrogen-bond donors (Lipinski definition) is 0. The molecule has 1 unspecified atom stereocenters. The number of anilines is 1. The molecule has 2 aromatic heterocycles. The van der Waals surface area contributed by atoms with Gasteiger partial charge in [-0.1, -0.05) is 0 Å². The van der Waals surface area contributed by atoms with Crippen LogP contribution in [0.25, 0.3) is 0 Å². The molecule has 0 spiro atoms. The number of hydrogen-bond acceptors (Lipinski definition) is 6. The summed E-state index contributed by atoms with van der Waals surface area (Å²) in [5.74, 6) is 1.69. The maximum Gasteiger partial charge on any atom is 0.225 e. The minimum atomic E-state index is 0.404. The summed E-state index contributed by atoms with van der Waals surface area (Å²) >= 11 is 0. The van der Waals surface area contributed by atoms with Crippen molar-refractivity contribution in [3.8, 4) is 11.9 Å². The van der Waals surface area contributed by atoms with E-state index in [1.54, 1.807) is 18.3 Å². The summed E-state index contributed by atoms with van der Waals surface area (Å²) in [4.78, 5) is 15.2. The van der Waals surface area contributed by atoms with Crippen LogP contribution in [-0.2, 0) is 0 Å². The molecule has 0 radical (unpaired) electrons. The molecule has 6 heteroatoms. The van der Waals surface area contributed by atoms with Gasteiger partial charge in [0.05, 0.1) is 18.2 Å². The van der Waals surface area contributed by atoms with E-state index < -0.39 is 0 Å². The summed E-state index contributed by atoms with van der Waals surface area (Å²) in [6, 6.07) is 5.43. The summed E-state index contributed by atoms with van der Waals surface area (Å²) in [5.41, 5.74) is 1.63. The van der Waals surface area contributed by atoms with Crippen molar-refractivity contribution in [3.05, 3.63) is 41.9 Å². The minimum Gasteiger partial charge on any atom is -0.477 e. The highest BCUT2D eigenvalue weighted by Crippen LogP contribution is 2.21. The molecule has 1 aliphatic rings. The second kappa shape index (κ2) is 7.05. The molecule has 2 aromatic rings. The van der Waals surface area contributed by atoms with Gasteiger partial charge in [-0.05, 0) is 31.4 Å². The molecule has 1 atom stereocenters. The van der Waals surface area contributed by atoms with E-state index >= 15 is 0 Å². The first-order valence-electron chi connectivity index (χ1n) is 7.77. The normalized spacial score (nSPS) is 17.6. The maximum absolute atomic E-state index is 8.91. The van der Waals surface area contributed by atoms with Gasteiger partial charge in [-0.2, -0.15) is 5.26 Å². The fourth-order valence-corrected chi connectivity index (χ4v) is 2.69. The first kappa shape index (κ1) is 15.2. The van der Waals surface area contributed by atoms with E-state index in [9.17, 15) is 0 Å². The molecule has 0 saturated carbocycles. The molecule has 3 rings (SSSR count). The lowest BCUT2D eigenvalue weighted by Gasteiger charge is -2.32. The van der Waals surface area contributed by atoms with Crippen LogP contribution in [0.1, 0.15) is 24.0 Å². The Labute approximate surface area is 135 Å². The van der Waals surface area contributed by atoms with Crippen molar-refractivity contribution in [2.75, 3.05) is 24.6 Å². The summed E-state index contributed by atoms with van der Waals surface area (Å²) < 4.78 is 5.76. The molecule has 0 aliphatic carbocycles. The third kappa shape index (κ3) is 3.95. The van der Waals surface area contributed by atoms with Gasteiger partial charge in [0.2, 0.25) is 11.8 Å². The molecule has 6 nitrogen and oxygen atoms in total. The van der Waals surface area contributed by atoms with E-state index in [0.29, 0.717) is 24.0 Å². The Morgan fingerprint density at radius 2 is 2.17 bits per heavy atom. The van der Waals surface area contributed by atoms with Gasteiger partial charge in [0, 0.05) is 43.7 Å². The highest BCUT2D eigenvalue weighted by Gasteiger charge is 2.22. The number of nitriles is 1. The lowest BCUT2D eigenvalue weighted by molar-refractivity contribution is 0.221. The predicted molar refractivity (Wildman–Crippen MR) is 86.2 cm³/mol. The van der Waals surface area contributed by atoms with E-state index in [-0.39, 0.29) is 0 Å². The van der Waals surface area contributed by atoms with Crippen molar-refractivity contribution in [2.24, 2.45) is 5.92 Å². The van der Waals surface area contributed by atoms with Crippen LogP contribution >= 0.6 is 0 Å². The van der Waals surface area contributed by atoms with Crippen molar-refractivity contribution >= 4 is 5.95 Å². The molecule has 0 amide bonds. The van der Waals surface area contributed by atoms with Crippen molar-refractivity contribution in [1.82, 2.24) is 15.0 Å². The zero-order chi connectivity index (χ0) is 16.1. The highest BCUT2D eigenvalue weighted by atomic mass is 16.5. The van der Waals surface area contributed by atoms with Gasteiger partial charge in [0.25, 0.3) is 0 Å². The Bertz CT molecular complexity index is 695. The van der Waals surface area contributed by atoms with Gasteiger partial charge in [0.1, 0.15) is 0 Å². The molecule has 1 fully saturated rings. The maximum atomic E-state index is 8.91. The zero-order valence-electron chi connectivity index (χ0n) is 13.1. The van der Waals surface area contributed by atoms with E-state index in [1.165, 1.54) is 0 Å². The number of nitrogens with zero attached hydrogens (tertiary/aromatic N) is 5. The number of piperidine rings is 1. The number of aromatic nitrogens is 3. The van der Waals surface area contributed by atoms with Crippen LogP contribution in [0.2, 0.25) is 0 Å². The van der Waals surface area contributed by atoms with Crippen LogP contribution in [-0.4, -0.2) is 34.6 Å². The van der Waals surface area contributed by atoms with Gasteiger partial charge in [-0.3, -0.25) is 0 Å². The smallest absolute Gasteiger partial charge is 0.225 e. The second-order valence-corrected chi connectivity index (χ2v) is 5.82. The third-order valence-corrected chi connectivity index (χ3v) is 3.90. The molecule has 1 saturated heterocycles. The fourth-order valence-electron chi connectivity index (χ4n) is 2.69. The number of ether oxygens (including phenoxy) is 1. The Morgan fingerprint density at radius 1 is 1.35 bits per heavy atom. The Morgan fingerprint density at radius 3 is 2.96 bits per heavy atom. The first-order valence-corrected chi connectivity index (χ1v) is 7.77. The standard InChI is InChI=1S/C17H19N5O/c1-13-9-20-17(21-10-13)22-6-2-3-15(11-22)12-23-16-7-14(8-18)4-5-19-16/h4-5,7,9-10,15H,2-3,6,11-12H2,1H3. The average Bonchev–Trinajstić information content (AvgIpc) is 2.61. The van der Waals surface area contributed by atoms with Crippen LogP contribution in [0.4, 0.5) is 5.95 Å². The van der Waals surface area contributed by atoms with Crippen LogP contribution in [0, 0.1) is 24.2 Å².